The fourth-order valence-corrected chi connectivity index (χ4v) is 2.96. The lowest BCUT2D eigenvalue weighted by atomic mass is 10.1. The molecule has 3 aromatic carbocycles. The Labute approximate surface area is 154 Å². The number of imidazole rings is 1. The molecule has 4 rings (SSSR count). The molecule has 0 saturated carbocycles. The average molecular weight is 395 g/mol. The van der Waals surface area contributed by atoms with E-state index in [1.807, 2.05) is 30.3 Å². The maximum absolute atomic E-state index is 13.3. The molecule has 0 spiro atoms. The van der Waals surface area contributed by atoms with Crippen LogP contribution in [-0.4, -0.2) is 9.97 Å². The van der Waals surface area contributed by atoms with Crippen LogP contribution in [0.4, 0.5) is 38.0 Å². The van der Waals surface area contributed by atoms with Gasteiger partial charge in [0.25, 0.3) is 0 Å². The summed E-state index contributed by atoms with van der Waals surface area (Å²) in [5.74, 6) is -0.0879. The fraction of sp³-hybridized carbons (Fsp3) is 0.105. The normalized spacial score (nSPS) is 12.6. The van der Waals surface area contributed by atoms with Gasteiger partial charge in [-0.2, -0.15) is 26.3 Å². The van der Waals surface area contributed by atoms with Crippen LogP contribution in [0.25, 0.3) is 21.8 Å². The highest BCUT2D eigenvalue weighted by atomic mass is 19.4. The van der Waals surface area contributed by atoms with Crippen molar-refractivity contribution in [2.24, 2.45) is 0 Å². The van der Waals surface area contributed by atoms with Gasteiger partial charge in [-0.15, -0.1) is 0 Å². The first-order valence-corrected chi connectivity index (χ1v) is 8.05. The van der Waals surface area contributed by atoms with Gasteiger partial charge in [-0.3, -0.25) is 0 Å². The van der Waals surface area contributed by atoms with Crippen molar-refractivity contribution in [3.8, 4) is 0 Å². The molecule has 3 nitrogen and oxygen atoms in total. The zero-order chi connectivity index (χ0) is 20.1. The van der Waals surface area contributed by atoms with Crippen LogP contribution >= 0.6 is 0 Å². The van der Waals surface area contributed by atoms with E-state index in [4.69, 9.17) is 0 Å². The van der Waals surface area contributed by atoms with E-state index in [0.717, 1.165) is 10.8 Å². The SMILES string of the molecule is FC(F)(F)c1cc(C(F)(F)F)c2nc(Nc3ccc4ccccc4c3)[nH]c2c1. The van der Waals surface area contributed by atoms with Crippen molar-refractivity contribution < 1.29 is 26.3 Å². The van der Waals surface area contributed by atoms with Gasteiger partial charge in [-0.05, 0) is 35.0 Å². The summed E-state index contributed by atoms with van der Waals surface area (Å²) in [6.45, 7) is 0. The largest absolute Gasteiger partial charge is 0.418 e. The number of anilines is 2. The highest BCUT2D eigenvalue weighted by Crippen LogP contribution is 2.39. The summed E-state index contributed by atoms with van der Waals surface area (Å²) < 4.78 is 78.7. The number of fused-ring (bicyclic) bond motifs is 2. The van der Waals surface area contributed by atoms with Crippen LogP contribution in [0.2, 0.25) is 0 Å². The fourth-order valence-electron chi connectivity index (χ4n) is 2.96. The van der Waals surface area contributed by atoms with Crippen molar-refractivity contribution in [3.05, 3.63) is 65.7 Å². The molecule has 144 valence electrons. The first-order chi connectivity index (χ1) is 13.1. The maximum Gasteiger partial charge on any atom is 0.418 e. The summed E-state index contributed by atoms with van der Waals surface area (Å²) in [5.41, 5.74) is -3.25. The molecule has 2 N–H and O–H groups in total. The van der Waals surface area contributed by atoms with Gasteiger partial charge in [0.1, 0.15) is 5.52 Å². The maximum atomic E-state index is 13.3. The predicted molar refractivity (Wildman–Crippen MR) is 93.3 cm³/mol. The summed E-state index contributed by atoms with van der Waals surface area (Å²) in [6, 6.07) is 13.4. The Morgan fingerprint density at radius 2 is 1.50 bits per heavy atom. The summed E-state index contributed by atoms with van der Waals surface area (Å²) in [5, 5.41) is 4.66. The highest BCUT2D eigenvalue weighted by molar-refractivity contribution is 5.87. The van der Waals surface area contributed by atoms with Gasteiger partial charge in [0.05, 0.1) is 16.6 Å². The lowest BCUT2D eigenvalue weighted by molar-refractivity contribution is -0.142. The third kappa shape index (κ3) is 3.35. The van der Waals surface area contributed by atoms with Crippen LogP contribution in [0.3, 0.4) is 0 Å². The minimum absolute atomic E-state index is 0.0724. The number of alkyl halides is 6. The van der Waals surface area contributed by atoms with Gasteiger partial charge in [0, 0.05) is 5.69 Å². The van der Waals surface area contributed by atoms with E-state index in [0.29, 0.717) is 11.8 Å². The van der Waals surface area contributed by atoms with Crippen molar-refractivity contribution >= 4 is 33.4 Å². The molecule has 0 amide bonds. The van der Waals surface area contributed by atoms with Crippen molar-refractivity contribution in [3.63, 3.8) is 0 Å². The minimum atomic E-state index is -4.98. The van der Waals surface area contributed by atoms with Crippen molar-refractivity contribution in [2.75, 3.05) is 5.32 Å². The second-order valence-corrected chi connectivity index (χ2v) is 6.19. The van der Waals surface area contributed by atoms with Crippen LogP contribution in [0.15, 0.2) is 54.6 Å². The number of halogens is 6. The smallest absolute Gasteiger partial charge is 0.326 e. The van der Waals surface area contributed by atoms with E-state index in [1.165, 1.54) is 0 Å². The third-order valence-corrected chi connectivity index (χ3v) is 4.23. The van der Waals surface area contributed by atoms with E-state index in [-0.39, 0.29) is 17.5 Å². The van der Waals surface area contributed by atoms with E-state index in [9.17, 15) is 26.3 Å². The molecule has 0 aliphatic heterocycles. The van der Waals surface area contributed by atoms with Crippen molar-refractivity contribution in [1.82, 2.24) is 9.97 Å². The van der Waals surface area contributed by atoms with Crippen molar-refractivity contribution in [2.45, 2.75) is 12.4 Å². The standard InChI is InChI=1S/C19H11F6N3/c20-18(21,22)12-8-14(19(23,24)25)16-15(9-12)27-17(28-16)26-13-6-5-10-3-1-2-4-11(10)7-13/h1-9H,(H2,26,27,28). The molecular weight excluding hydrogens is 384 g/mol. The molecular formula is C19H11F6N3. The number of aromatic nitrogens is 2. The molecule has 0 fully saturated rings. The highest BCUT2D eigenvalue weighted by Gasteiger charge is 2.39. The monoisotopic (exact) mass is 395 g/mol. The molecule has 0 aliphatic carbocycles. The third-order valence-electron chi connectivity index (χ3n) is 4.23. The lowest BCUT2D eigenvalue weighted by Gasteiger charge is -2.11. The van der Waals surface area contributed by atoms with E-state index < -0.39 is 29.0 Å². The Hall–Kier alpha value is -3.23. The Kier molecular flexibility index (Phi) is 3.99. The van der Waals surface area contributed by atoms with Gasteiger partial charge in [0.15, 0.2) is 0 Å². The Morgan fingerprint density at radius 1 is 0.786 bits per heavy atom. The van der Waals surface area contributed by atoms with Crippen LogP contribution < -0.4 is 5.32 Å². The number of aromatic amines is 1. The molecule has 0 aliphatic rings. The molecule has 0 saturated heterocycles. The van der Waals surface area contributed by atoms with Crippen LogP contribution in [0, 0.1) is 0 Å². The molecule has 0 radical (unpaired) electrons. The Balaban J connectivity index is 1.79. The Bertz CT molecular complexity index is 1170. The van der Waals surface area contributed by atoms with Gasteiger partial charge in [-0.1, -0.05) is 30.3 Å². The molecule has 9 heteroatoms. The number of nitrogens with zero attached hydrogens (tertiary/aromatic N) is 1. The number of rotatable bonds is 2. The topological polar surface area (TPSA) is 40.7 Å². The number of hydrogen-bond acceptors (Lipinski definition) is 2. The number of hydrogen-bond donors (Lipinski definition) is 2. The van der Waals surface area contributed by atoms with Gasteiger partial charge >= 0.3 is 12.4 Å². The molecule has 0 atom stereocenters. The van der Waals surface area contributed by atoms with Crippen LogP contribution in [-0.2, 0) is 12.4 Å². The number of benzene rings is 3. The second kappa shape index (κ2) is 6.15. The Morgan fingerprint density at radius 3 is 2.18 bits per heavy atom. The second-order valence-electron chi connectivity index (χ2n) is 6.19. The summed E-state index contributed by atoms with van der Waals surface area (Å²) in [4.78, 5) is 6.32. The number of H-pyrrole nitrogens is 1. The molecule has 0 bridgehead atoms. The average Bonchev–Trinajstić information content (AvgIpc) is 3.01. The first-order valence-electron chi connectivity index (χ1n) is 8.05. The van der Waals surface area contributed by atoms with Gasteiger partial charge in [-0.25, -0.2) is 4.98 Å². The van der Waals surface area contributed by atoms with Crippen molar-refractivity contribution in [1.29, 1.82) is 0 Å². The van der Waals surface area contributed by atoms with Gasteiger partial charge in [0.2, 0.25) is 5.95 Å². The van der Waals surface area contributed by atoms with Crippen LogP contribution in [0.1, 0.15) is 11.1 Å². The van der Waals surface area contributed by atoms with E-state index in [1.54, 1.807) is 12.1 Å². The van der Waals surface area contributed by atoms with E-state index >= 15 is 0 Å². The molecule has 0 unspecified atom stereocenters. The quantitative estimate of drug-likeness (QED) is 0.381. The molecule has 1 heterocycles. The minimum Gasteiger partial charge on any atom is -0.326 e. The molecule has 28 heavy (non-hydrogen) atoms. The van der Waals surface area contributed by atoms with Gasteiger partial charge < -0.3 is 10.3 Å². The summed E-state index contributed by atoms with van der Waals surface area (Å²) >= 11 is 0. The van der Waals surface area contributed by atoms with E-state index in [2.05, 4.69) is 15.3 Å². The zero-order valence-corrected chi connectivity index (χ0v) is 13.9. The predicted octanol–water partition coefficient (Wildman–Crippen LogP) is 6.50. The number of nitrogens with one attached hydrogen (secondary N) is 2. The molecule has 1 aromatic heterocycles. The first kappa shape index (κ1) is 18.1. The summed E-state index contributed by atoms with van der Waals surface area (Å²) in [6.07, 6.45) is -9.89. The summed E-state index contributed by atoms with van der Waals surface area (Å²) in [7, 11) is 0. The van der Waals surface area contributed by atoms with Crippen LogP contribution in [0.5, 0.6) is 0 Å². The zero-order valence-electron chi connectivity index (χ0n) is 13.9. The molecule has 4 aromatic rings. The lowest BCUT2D eigenvalue weighted by Crippen LogP contribution is -2.11.